The van der Waals surface area contributed by atoms with Crippen molar-refractivity contribution in [1.29, 1.82) is 0 Å². The summed E-state index contributed by atoms with van der Waals surface area (Å²) in [6.45, 7) is 2.33. The van der Waals surface area contributed by atoms with Crippen molar-refractivity contribution in [1.82, 2.24) is 5.32 Å². The molecule has 0 radical (unpaired) electrons. The second kappa shape index (κ2) is 7.39. The molecule has 2 aromatic rings. The minimum absolute atomic E-state index is 0.0538. The van der Waals surface area contributed by atoms with Gasteiger partial charge in [-0.25, -0.2) is 4.79 Å². The van der Waals surface area contributed by atoms with Crippen LogP contribution in [0.3, 0.4) is 0 Å². The number of hydrogen-bond donors (Lipinski definition) is 1. The lowest BCUT2D eigenvalue weighted by molar-refractivity contribution is -0.118. The molecule has 0 aromatic heterocycles. The molecule has 4 rings (SSSR count). The number of fused-ring (bicyclic) bond motifs is 3. The van der Waals surface area contributed by atoms with Crippen LogP contribution in [0.15, 0.2) is 51.9 Å². The Morgan fingerprint density at radius 3 is 2.82 bits per heavy atom. The number of benzene rings is 2. The van der Waals surface area contributed by atoms with Gasteiger partial charge in [0.2, 0.25) is 5.91 Å². The first kappa shape index (κ1) is 18.7. The fraction of sp³-hybridized carbons (Fsp3) is 0.286. The number of carbonyl (C=O) groups excluding carboxylic acids is 2. The molecule has 0 spiro atoms. The Balaban J connectivity index is 1.82. The highest BCUT2D eigenvalue weighted by molar-refractivity contribution is 9.10. The van der Waals surface area contributed by atoms with Crippen molar-refractivity contribution in [2.75, 3.05) is 18.6 Å². The summed E-state index contributed by atoms with van der Waals surface area (Å²) in [5, 5.41) is 2.98. The van der Waals surface area contributed by atoms with Crippen molar-refractivity contribution in [2.24, 2.45) is 10.9 Å². The zero-order chi connectivity index (χ0) is 19.8. The molecule has 28 heavy (non-hydrogen) atoms. The highest BCUT2D eigenvalue weighted by Gasteiger charge is 2.41. The van der Waals surface area contributed by atoms with Crippen molar-refractivity contribution in [2.45, 2.75) is 19.4 Å². The lowest BCUT2D eigenvalue weighted by atomic mass is 9.81. The van der Waals surface area contributed by atoms with Gasteiger partial charge in [0, 0.05) is 24.4 Å². The lowest BCUT2D eigenvalue weighted by Gasteiger charge is -2.41. The number of methoxy groups -OCH3 is 1. The summed E-state index contributed by atoms with van der Waals surface area (Å²) in [4.78, 5) is 31.1. The Kier molecular flexibility index (Phi) is 4.93. The summed E-state index contributed by atoms with van der Waals surface area (Å²) >= 11 is 3.52. The van der Waals surface area contributed by atoms with Gasteiger partial charge in [-0.15, -0.1) is 0 Å². The van der Waals surface area contributed by atoms with Crippen LogP contribution >= 0.6 is 15.9 Å². The molecule has 1 N–H and O–H groups in total. The molecule has 144 valence electrons. The van der Waals surface area contributed by atoms with Gasteiger partial charge < -0.3 is 15.0 Å². The second-order valence-electron chi connectivity index (χ2n) is 6.80. The maximum absolute atomic E-state index is 12.6. The first-order valence-electron chi connectivity index (χ1n) is 9.15. The molecule has 2 aliphatic heterocycles. The number of carbonyl (C=O) groups is 2. The van der Waals surface area contributed by atoms with E-state index in [1.165, 1.54) is 0 Å². The Hall–Kier alpha value is -2.67. The number of ether oxygens (including phenoxy) is 1. The SMILES string of the molecule is CCC(=O)N1CC2C(=NC(=O)NC2c2ccc(OC)c(Br)c2)c2ccccc21. The Morgan fingerprint density at radius 2 is 2.11 bits per heavy atom. The molecule has 2 atom stereocenters. The highest BCUT2D eigenvalue weighted by Crippen LogP contribution is 2.39. The van der Waals surface area contributed by atoms with Gasteiger partial charge in [-0.3, -0.25) is 4.79 Å². The van der Waals surface area contributed by atoms with E-state index < -0.39 is 0 Å². The van der Waals surface area contributed by atoms with Crippen molar-refractivity contribution in [3.8, 4) is 5.75 Å². The first-order valence-corrected chi connectivity index (χ1v) is 9.95. The van der Waals surface area contributed by atoms with Crippen LogP contribution in [0.2, 0.25) is 0 Å². The van der Waals surface area contributed by atoms with Crippen molar-refractivity contribution in [3.05, 3.63) is 58.1 Å². The predicted octanol–water partition coefficient (Wildman–Crippen LogP) is 4.08. The molecule has 0 saturated heterocycles. The van der Waals surface area contributed by atoms with Gasteiger partial charge in [0.25, 0.3) is 0 Å². The van der Waals surface area contributed by atoms with Crippen LogP contribution in [0.4, 0.5) is 10.5 Å². The highest BCUT2D eigenvalue weighted by atomic mass is 79.9. The average Bonchev–Trinajstić information content (AvgIpc) is 2.72. The summed E-state index contributed by atoms with van der Waals surface area (Å²) in [5.41, 5.74) is 3.32. The number of nitrogens with one attached hydrogen (secondary N) is 1. The van der Waals surface area contributed by atoms with E-state index in [1.54, 1.807) is 7.11 Å². The van der Waals surface area contributed by atoms with Gasteiger partial charge in [0.1, 0.15) is 5.75 Å². The standard InChI is InChI=1S/C21H20BrN3O3/c1-3-18(26)25-11-14-19(12-8-9-17(28-2)15(22)10-12)23-21(27)24-20(14)13-6-4-5-7-16(13)25/h4-10,14,19H,3,11H2,1-2H3,(H,23,27). The summed E-state index contributed by atoms with van der Waals surface area (Å²) in [6.07, 6.45) is 0.415. The van der Waals surface area contributed by atoms with Crippen LogP contribution in [0.5, 0.6) is 5.75 Å². The zero-order valence-corrected chi connectivity index (χ0v) is 17.2. The van der Waals surface area contributed by atoms with Crippen LogP contribution in [-0.2, 0) is 4.79 Å². The van der Waals surface area contributed by atoms with Crippen molar-refractivity contribution < 1.29 is 14.3 Å². The van der Waals surface area contributed by atoms with E-state index in [9.17, 15) is 9.59 Å². The molecule has 2 aromatic carbocycles. The van der Waals surface area contributed by atoms with Crippen LogP contribution < -0.4 is 15.0 Å². The molecule has 2 aliphatic rings. The van der Waals surface area contributed by atoms with E-state index in [2.05, 4.69) is 26.2 Å². The largest absolute Gasteiger partial charge is 0.496 e. The molecule has 3 amide bonds. The molecule has 0 aliphatic carbocycles. The fourth-order valence-corrected chi connectivity index (χ4v) is 4.47. The maximum atomic E-state index is 12.6. The summed E-state index contributed by atoms with van der Waals surface area (Å²) in [7, 11) is 1.61. The van der Waals surface area contributed by atoms with Gasteiger partial charge >= 0.3 is 6.03 Å². The number of amides is 3. The number of urea groups is 1. The Bertz CT molecular complexity index is 989. The van der Waals surface area contributed by atoms with E-state index in [0.29, 0.717) is 13.0 Å². The number of halogens is 1. The smallest absolute Gasteiger partial charge is 0.341 e. The van der Waals surface area contributed by atoms with Crippen LogP contribution in [0.1, 0.15) is 30.5 Å². The third kappa shape index (κ3) is 3.09. The Morgan fingerprint density at radius 1 is 1.32 bits per heavy atom. The monoisotopic (exact) mass is 441 g/mol. The molecule has 6 nitrogen and oxygen atoms in total. The van der Waals surface area contributed by atoms with Crippen molar-refractivity contribution in [3.63, 3.8) is 0 Å². The maximum Gasteiger partial charge on any atom is 0.341 e. The number of aliphatic imine (C=N–C) groups is 1. The minimum Gasteiger partial charge on any atom is -0.496 e. The van der Waals surface area contributed by atoms with Gasteiger partial charge in [-0.2, -0.15) is 4.99 Å². The molecule has 0 fully saturated rings. The summed E-state index contributed by atoms with van der Waals surface area (Å²) in [6, 6.07) is 12.7. The van der Waals surface area contributed by atoms with E-state index in [4.69, 9.17) is 4.74 Å². The molecule has 0 bridgehead atoms. The molecular formula is C21H20BrN3O3. The zero-order valence-electron chi connectivity index (χ0n) is 15.6. The van der Waals surface area contributed by atoms with Crippen molar-refractivity contribution >= 4 is 39.3 Å². The normalized spacial score (nSPS) is 20.6. The van der Waals surface area contributed by atoms with Crippen LogP contribution in [-0.4, -0.2) is 31.3 Å². The van der Waals surface area contributed by atoms with Gasteiger partial charge in [0.15, 0.2) is 0 Å². The minimum atomic E-state index is -0.367. The van der Waals surface area contributed by atoms with Gasteiger partial charge in [-0.05, 0) is 39.7 Å². The van der Waals surface area contributed by atoms with E-state index in [0.717, 1.165) is 32.7 Å². The number of hydrogen-bond acceptors (Lipinski definition) is 3. The number of nitrogens with zero attached hydrogens (tertiary/aromatic N) is 2. The number of para-hydroxylation sites is 1. The molecular weight excluding hydrogens is 422 g/mol. The molecule has 2 unspecified atom stereocenters. The summed E-state index contributed by atoms with van der Waals surface area (Å²) in [5.74, 6) is 0.637. The third-order valence-corrected chi connectivity index (χ3v) is 5.86. The Labute approximate surface area is 171 Å². The van der Waals surface area contributed by atoms with Gasteiger partial charge in [-0.1, -0.05) is 31.2 Å². The average molecular weight is 442 g/mol. The molecule has 2 heterocycles. The fourth-order valence-electron chi connectivity index (χ4n) is 3.91. The first-order chi connectivity index (χ1) is 13.5. The second-order valence-corrected chi connectivity index (χ2v) is 7.65. The van der Waals surface area contributed by atoms with E-state index in [-0.39, 0.29) is 23.9 Å². The quantitative estimate of drug-likeness (QED) is 0.779. The summed E-state index contributed by atoms with van der Waals surface area (Å²) < 4.78 is 6.12. The molecule has 0 saturated carbocycles. The van der Waals surface area contributed by atoms with E-state index in [1.807, 2.05) is 54.3 Å². The lowest BCUT2D eigenvalue weighted by Crippen LogP contribution is -2.51. The van der Waals surface area contributed by atoms with Crippen LogP contribution in [0, 0.1) is 5.92 Å². The topological polar surface area (TPSA) is 71.0 Å². The molecule has 7 heteroatoms. The number of anilines is 1. The predicted molar refractivity (Wildman–Crippen MR) is 111 cm³/mol. The van der Waals surface area contributed by atoms with E-state index >= 15 is 0 Å². The number of rotatable bonds is 3. The third-order valence-electron chi connectivity index (χ3n) is 5.24. The van der Waals surface area contributed by atoms with Crippen LogP contribution in [0.25, 0.3) is 0 Å². The van der Waals surface area contributed by atoms with Gasteiger partial charge in [0.05, 0.1) is 29.0 Å².